The number of nitrogens with one attached hydrogen (secondary N) is 2. The van der Waals surface area contributed by atoms with Gasteiger partial charge in [-0.15, -0.1) is 0 Å². The van der Waals surface area contributed by atoms with Crippen LogP contribution in [-0.4, -0.2) is 38.7 Å². The van der Waals surface area contributed by atoms with Crippen molar-refractivity contribution in [3.8, 4) is 5.69 Å². The van der Waals surface area contributed by atoms with Crippen LogP contribution in [0.3, 0.4) is 0 Å². The average Bonchev–Trinajstić information content (AvgIpc) is 3.17. The van der Waals surface area contributed by atoms with Crippen LogP contribution in [0.25, 0.3) is 5.69 Å². The van der Waals surface area contributed by atoms with E-state index in [2.05, 4.69) is 9.97 Å². The second-order valence-corrected chi connectivity index (χ2v) is 6.80. The number of aryl methyl sites for hydroxylation is 2. The highest BCUT2D eigenvalue weighted by Gasteiger charge is 2.21. The molecule has 0 amide bonds. The number of esters is 1. The second kappa shape index (κ2) is 7.75. The topological polar surface area (TPSA) is 114 Å². The number of hydrogen-bond acceptors (Lipinski definition) is 5. The van der Waals surface area contributed by atoms with Gasteiger partial charge in [-0.2, -0.15) is 0 Å². The fourth-order valence-corrected chi connectivity index (χ4v) is 3.37. The third kappa shape index (κ3) is 3.82. The molecule has 8 nitrogen and oxygen atoms in total. The van der Waals surface area contributed by atoms with E-state index in [-0.39, 0.29) is 22.7 Å². The number of ketones is 2. The third-order valence-corrected chi connectivity index (χ3v) is 4.72. The summed E-state index contributed by atoms with van der Waals surface area (Å²) in [7, 11) is 0. The first kappa shape index (κ1) is 20.1. The highest BCUT2D eigenvalue weighted by Crippen LogP contribution is 2.19. The van der Waals surface area contributed by atoms with Gasteiger partial charge in [-0.1, -0.05) is 0 Å². The number of carbonyl (C=O) groups excluding carboxylic acids is 3. The molecule has 0 aliphatic heterocycles. The Balaban J connectivity index is 1.70. The van der Waals surface area contributed by atoms with E-state index >= 15 is 0 Å². The molecule has 0 aliphatic rings. The summed E-state index contributed by atoms with van der Waals surface area (Å²) in [6.07, 6.45) is 1.60. The van der Waals surface area contributed by atoms with Gasteiger partial charge < -0.3 is 14.7 Å². The fraction of sp³-hybridized carbons (Fsp3) is 0.238. The first-order chi connectivity index (χ1) is 13.7. The first-order valence-corrected chi connectivity index (χ1v) is 8.98. The monoisotopic (exact) mass is 395 g/mol. The van der Waals surface area contributed by atoms with E-state index in [1.807, 2.05) is 0 Å². The number of aromatic amines is 2. The lowest BCUT2D eigenvalue weighted by atomic mass is 10.1. The number of hydrogen-bond donors (Lipinski definition) is 2. The van der Waals surface area contributed by atoms with Gasteiger partial charge in [0.1, 0.15) is 0 Å². The Morgan fingerprint density at radius 2 is 1.72 bits per heavy atom. The van der Waals surface area contributed by atoms with Crippen molar-refractivity contribution in [3.05, 3.63) is 74.7 Å². The Hall–Kier alpha value is -3.68. The number of aromatic nitrogens is 3. The minimum absolute atomic E-state index is 0.135. The van der Waals surface area contributed by atoms with Crippen molar-refractivity contribution in [2.75, 3.05) is 6.61 Å². The van der Waals surface area contributed by atoms with E-state index < -0.39 is 18.4 Å². The molecule has 0 aliphatic carbocycles. The predicted molar refractivity (Wildman–Crippen MR) is 106 cm³/mol. The van der Waals surface area contributed by atoms with E-state index in [1.54, 1.807) is 39.1 Å². The van der Waals surface area contributed by atoms with Crippen LogP contribution in [-0.2, 0) is 4.74 Å². The lowest BCUT2D eigenvalue weighted by Gasteiger charge is -2.07. The van der Waals surface area contributed by atoms with Crippen molar-refractivity contribution >= 4 is 17.5 Å². The van der Waals surface area contributed by atoms with Crippen LogP contribution in [0.1, 0.15) is 55.1 Å². The van der Waals surface area contributed by atoms with Crippen LogP contribution in [0.4, 0.5) is 0 Å². The quantitative estimate of drug-likeness (QED) is 0.492. The van der Waals surface area contributed by atoms with Crippen molar-refractivity contribution in [1.29, 1.82) is 0 Å². The molecule has 0 saturated heterocycles. The summed E-state index contributed by atoms with van der Waals surface area (Å²) in [6, 6.07) is 6.30. The average molecular weight is 395 g/mol. The summed E-state index contributed by atoms with van der Waals surface area (Å²) in [5.41, 5.74) is 3.22. The number of ether oxygens (including phenoxy) is 1. The van der Waals surface area contributed by atoms with Crippen molar-refractivity contribution in [1.82, 2.24) is 14.5 Å². The molecular formula is C21H21N3O5. The zero-order valence-electron chi connectivity index (χ0n) is 16.6. The minimum atomic E-state index is -0.657. The molecule has 0 unspecified atom stereocenters. The Bertz CT molecular complexity index is 1160. The third-order valence-electron chi connectivity index (χ3n) is 4.72. The van der Waals surface area contributed by atoms with Gasteiger partial charge in [0.05, 0.1) is 16.9 Å². The molecule has 29 heavy (non-hydrogen) atoms. The summed E-state index contributed by atoms with van der Waals surface area (Å²) in [5.74, 6) is -1.21. The van der Waals surface area contributed by atoms with E-state index in [4.69, 9.17) is 4.74 Å². The SMILES string of the molecule is CC(=O)c1c(C)[nH]c(C(=O)COC(=O)c2ccc(-n3c(C)c[nH]c3=O)cc2)c1C. The highest BCUT2D eigenvalue weighted by molar-refractivity contribution is 6.04. The summed E-state index contributed by atoms with van der Waals surface area (Å²) in [4.78, 5) is 53.7. The summed E-state index contributed by atoms with van der Waals surface area (Å²) >= 11 is 0. The molecule has 0 fully saturated rings. The molecule has 0 saturated carbocycles. The van der Waals surface area contributed by atoms with Crippen molar-refractivity contribution in [3.63, 3.8) is 0 Å². The van der Waals surface area contributed by atoms with Gasteiger partial charge in [0.15, 0.2) is 12.4 Å². The molecule has 0 spiro atoms. The van der Waals surface area contributed by atoms with Gasteiger partial charge in [0.2, 0.25) is 5.78 Å². The van der Waals surface area contributed by atoms with E-state index in [0.717, 1.165) is 5.69 Å². The lowest BCUT2D eigenvalue weighted by molar-refractivity contribution is 0.0473. The Morgan fingerprint density at radius 1 is 1.07 bits per heavy atom. The number of benzene rings is 1. The Kier molecular flexibility index (Phi) is 5.36. The second-order valence-electron chi connectivity index (χ2n) is 6.80. The number of imidazole rings is 1. The maximum Gasteiger partial charge on any atom is 0.338 e. The summed E-state index contributed by atoms with van der Waals surface area (Å²) < 4.78 is 6.59. The molecule has 2 aromatic heterocycles. The number of carbonyl (C=O) groups is 3. The molecule has 2 N–H and O–H groups in total. The molecule has 0 radical (unpaired) electrons. The molecule has 0 bridgehead atoms. The van der Waals surface area contributed by atoms with Gasteiger partial charge >= 0.3 is 11.7 Å². The number of rotatable bonds is 6. The zero-order valence-corrected chi connectivity index (χ0v) is 16.6. The summed E-state index contributed by atoms with van der Waals surface area (Å²) in [6.45, 7) is 6.16. The molecule has 2 heterocycles. The molecule has 3 aromatic rings. The molecule has 150 valence electrons. The summed E-state index contributed by atoms with van der Waals surface area (Å²) in [5, 5.41) is 0. The van der Waals surface area contributed by atoms with Gasteiger partial charge in [0, 0.05) is 23.1 Å². The Morgan fingerprint density at radius 3 is 2.24 bits per heavy atom. The number of Topliss-reactive ketones (excluding diaryl/α,β-unsaturated/α-hetero) is 2. The van der Waals surface area contributed by atoms with Gasteiger partial charge in [0.25, 0.3) is 0 Å². The Labute approximate surface area is 166 Å². The van der Waals surface area contributed by atoms with Gasteiger partial charge in [-0.25, -0.2) is 9.59 Å². The molecule has 1 aromatic carbocycles. The van der Waals surface area contributed by atoms with E-state index in [9.17, 15) is 19.2 Å². The van der Waals surface area contributed by atoms with Crippen LogP contribution in [0.2, 0.25) is 0 Å². The van der Waals surface area contributed by atoms with Crippen LogP contribution in [0.5, 0.6) is 0 Å². The molecule has 8 heteroatoms. The largest absolute Gasteiger partial charge is 0.454 e. The van der Waals surface area contributed by atoms with Gasteiger partial charge in [-0.3, -0.25) is 14.2 Å². The van der Waals surface area contributed by atoms with Gasteiger partial charge in [-0.05, 0) is 57.5 Å². The molecule has 0 atom stereocenters. The van der Waals surface area contributed by atoms with Crippen LogP contribution >= 0.6 is 0 Å². The van der Waals surface area contributed by atoms with Crippen LogP contribution in [0, 0.1) is 20.8 Å². The van der Waals surface area contributed by atoms with Crippen LogP contribution in [0.15, 0.2) is 35.3 Å². The van der Waals surface area contributed by atoms with Crippen LogP contribution < -0.4 is 5.69 Å². The van der Waals surface area contributed by atoms with Crippen molar-refractivity contribution < 1.29 is 19.1 Å². The normalized spacial score (nSPS) is 10.8. The smallest absolute Gasteiger partial charge is 0.338 e. The lowest BCUT2D eigenvalue weighted by Crippen LogP contribution is -2.17. The fourth-order valence-electron chi connectivity index (χ4n) is 3.37. The molecule has 3 rings (SSSR count). The minimum Gasteiger partial charge on any atom is -0.454 e. The van der Waals surface area contributed by atoms with Crippen molar-refractivity contribution in [2.24, 2.45) is 0 Å². The maximum atomic E-state index is 12.4. The predicted octanol–water partition coefficient (Wildman–Crippen LogP) is 2.66. The maximum absolute atomic E-state index is 12.4. The zero-order chi connectivity index (χ0) is 21.3. The van der Waals surface area contributed by atoms with E-state index in [0.29, 0.717) is 22.5 Å². The van der Waals surface area contributed by atoms with E-state index in [1.165, 1.54) is 23.6 Å². The number of H-pyrrole nitrogens is 2. The highest BCUT2D eigenvalue weighted by atomic mass is 16.5. The standard InChI is InChI=1S/C21H21N3O5/c1-11-9-22-21(28)24(11)16-7-5-15(6-8-16)20(27)29-10-17(26)19-12(2)18(14(4)25)13(3)23-19/h5-9,23H,10H2,1-4H3,(H,22,28). The van der Waals surface area contributed by atoms with Crippen molar-refractivity contribution in [2.45, 2.75) is 27.7 Å². The first-order valence-electron chi connectivity index (χ1n) is 8.98. The number of nitrogens with zero attached hydrogens (tertiary/aromatic N) is 1. The molecular weight excluding hydrogens is 374 g/mol.